The highest BCUT2D eigenvalue weighted by molar-refractivity contribution is 6.03. The van der Waals surface area contributed by atoms with Gasteiger partial charge in [-0.25, -0.2) is 9.07 Å². The largest absolute Gasteiger partial charge is 0.480 e. The molecule has 1 aromatic carbocycles. The summed E-state index contributed by atoms with van der Waals surface area (Å²) in [5.41, 5.74) is 0.996. The van der Waals surface area contributed by atoms with Crippen LogP contribution >= 0.6 is 0 Å². The first kappa shape index (κ1) is 13.7. The summed E-state index contributed by atoms with van der Waals surface area (Å²) in [6, 6.07) is 3.95. The van der Waals surface area contributed by atoms with E-state index >= 15 is 0 Å². The summed E-state index contributed by atoms with van der Waals surface area (Å²) in [6.45, 7) is 1.27. The van der Waals surface area contributed by atoms with Crippen LogP contribution in [0.3, 0.4) is 0 Å². The van der Waals surface area contributed by atoms with E-state index in [1.807, 2.05) is 0 Å². The van der Waals surface area contributed by atoms with Crippen LogP contribution in [0.1, 0.15) is 16.1 Å². The minimum Gasteiger partial charge on any atom is -0.480 e. The third-order valence-electron chi connectivity index (χ3n) is 2.51. The summed E-state index contributed by atoms with van der Waals surface area (Å²) in [6.07, 6.45) is 1.22. The lowest BCUT2D eigenvalue weighted by Crippen LogP contribution is -2.13. The van der Waals surface area contributed by atoms with Gasteiger partial charge in [0.2, 0.25) is 0 Å². The zero-order chi connectivity index (χ0) is 14.7. The van der Waals surface area contributed by atoms with Crippen molar-refractivity contribution in [2.75, 3.05) is 5.32 Å². The van der Waals surface area contributed by atoms with Crippen LogP contribution < -0.4 is 5.32 Å². The summed E-state index contributed by atoms with van der Waals surface area (Å²) >= 11 is 0. The lowest BCUT2D eigenvalue weighted by atomic mass is 10.2. The standard InChI is InChI=1S/C12H11FN4O3/c1-7-4-8(13)2-3-9(7)14-12(20)10-5-17(16-15-10)6-11(18)19/h2-5H,6H2,1H3,(H,14,20)(H,18,19). The molecule has 0 unspecified atom stereocenters. The van der Waals surface area contributed by atoms with Crippen molar-refractivity contribution in [1.29, 1.82) is 0 Å². The maximum atomic E-state index is 12.9. The number of benzene rings is 1. The van der Waals surface area contributed by atoms with Crippen molar-refractivity contribution in [3.8, 4) is 0 Å². The highest BCUT2D eigenvalue weighted by Gasteiger charge is 2.13. The molecule has 0 atom stereocenters. The molecule has 20 heavy (non-hydrogen) atoms. The molecule has 0 aliphatic carbocycles. The quantitative estimate of drug-likeness (QED) is 0.871. The molecular formula is C12H11FN4O3. The van der Waals surface area contributed by atoms with Crippen molar-refractivity contribution in [3.05, 3.63) is 41.5 Å². The van der Waals surface area contributed by atoms with Crippen LogP contribution in [0, 0.1) is 12.7 Å². The molecule has 1 heterocycles. The van der Waals surface area contributed by atoms with Gasteiger partial charge in [-0.15, -0.1) is 5.10 Å². The van der Waals surface area contributed by atoms with Crippen LogP contribution in [0.5, 0.6) is 0 Å². The summed E-state index contributed by atoms with van der Waals surface area (Å²) in [4.78, 5) is 22.4. The average molecular weight is 278 g/mol. The monoisotopic (exact) mass is 278 g/mol. The number of aromatic nitrogens is 3. The minimum atomic E-state index is -1.09. The normalized spacial score (nSPS) is 10.3. The lowest BCUT2D eigenvalue weighted by Gasteiger charge is -2.06. The number of hydrogen-bond donors (Lipinski definition) is 2. The number of anilines is 1. The summed E-state index contributed by atoms with van der Waals surface area (Å²) < 4.78 is 14.0. The molecule has 7 nitrogen and oxygen atoms in total. The van der Waals surface area contributed by atoms with Crippen LogP contribution in [-0.2, 0) is 11.3 Å². The van der Waals surface area contributed by atoms with E-state index in [4.69, 9.17) is 5.11 Å². The van der Waals surface area contributed by atoms with E-state index in [9.17, 15) is 14.0 Å². The highest BCUT2D eigenvalue weighted by atomic mass is 19.1. The molecule has 0 saturated heterocycles. The zero-order valence-electron chi connectivity index (χ0n) is 10.5. The number of rotatable bonds is 4. The third kappa shape index (κ3) is 3.16. The molecule has 2 rings (SSSR count). The number of amides is 1. The molecule has 1 aromatic heterocycles. The molecule has 0 fully saturated rings. The van der Waals surface area contributed by atoms with Gasteiger partial charge in [-0.2, -0.15) is 0 Å². The van der Waals surface area contributed by atoms with Gasteiger partial charge < -0.3 is 10.4 Å². The molecular weight excluding hydrogens is 267 g/mol. The third-order valence-corrected chi connectivity index (χ3v) is 2.51. The molecule has 8 heteroatoms. The molecule has 0 aliphatic rings. The zero-order valence-corrected chi connectivity index (χ0v) is 10.5. The van der Waals surface area contributed by atoms with Crippen LogP contribution in [0.15, 0.2) is 24.4 Å². The van der Waals surface area contributed by atoms with E-state index in [1.54, 1.807) is 6.92 Å². The number of aliphatic carboxylic acids is 1. The average Bonchev–Trinajstić information content (AvgIpc) is 2.80. The maximum absolute atomic E-state index is 12.9. The minimum absolute atomic E-state index is 0.0185. The fraction of sp³-hybridized carbons (Fsp3) is 0.167. The number of aryl methyl sites for hydroxylation is 1. The Morgan fingerprint density at radius 1 is 1.45 bits per heavy atom. The van der Waals surface area contributed by atoms with Gasteiger partial charge in [0.1, 0.15) is 12.4 Å². The van der Waals surface area contributed by atoms with Gasteiger partial charge in [0.15, 0.2) is 5.69 Å². The van der Waals surface area contributed by atoms with Crippen molar-refractivity contribution >= 4 is 17.6 Å². The van der Waals surface area contributed by atoms with Gasteiger partial charge in [-0.05, 0) is 30.7 Å². The summed E-state index contributed by atoms with van der Waals surface area (Å²) in [7, 11) is 0. The fourth-order valence-electron chi connectivity index (χ4n) is 1.57. The molecule has 1 amide bonds. The Balaban J connectivity index is 2.11. The first-order valence-corrected chi connectivity index (χ1v) is 5.65. The van der Waals surface area contributed by atoms with E-state index in [1.165, 1.54) is 24.4 Å². The van der Waals surface area contributed by atoms with Crippen molar-refractivity contribution < 1.29 is 19.1 Å². The van der Waals surface area contributed by atoms with Crippen molar-refractivity contribution in [1.82, 2.24) is 15.0 Å². The number of nitrogens with one attached hydrogen (secondary N) is 1. The number of halogens is 1. The van der Waals surface area contributed by atoms with E-state index in [0.29, 0.717) is 11.3 Å². The second-order valence-electron chi connectivity index (χ2n) is 4.11. The number of hydrogen-bond acceptors (Lipinski definition) is 4. The van der Waals surface area contributed by atoms with E-state index < -0.39 is 17.7 Å². The molecule has 104 valence electrons. The molecule has 2 N–H and O–H groups in total. The van der Waals surface area contributed by atoms with Gasteiger partial charge in [-0.1, -0.05) is 5.21 Å². The first-order valence-electron chi connectivity index (χ1n) is 5.65. The number of carboxylic acid groups (broad SMARTS) is 1. The second-order valence-corrected chi connectivity index (χ2v) is 4.11. The van der Waals surface area contributed by atoms with Crippen LogP contribution in [0.2, 0.25) is 0 Å². The van der Waals surface area contributed by atoms with E-state index in [0.717, 1.165) is 4.68 Å². The topological polar surface area (TPSA) is 97.1 Å². The van der Waals surface area contributed by atoms with Gasteiger partial charge in [0, 0.05) is 5.69 Å². The number of carboxylic acids is 1. The fourth-order valence-corrected chi connectivity index (χ4v) is 1.57. The highest BCUT2D eigenvalue weighted by Crippen LogP contribution is 2.16. The summed E-state index contributed by atoms with van der Waals surface area (Å²) in [5, 5.41) is 18.2. The van der Waals surface area contributed by atoms with Gasteiger partial charge >= 0.3 is 5.97 Å². The van der Waals surface area contributed by atoms with E-state index in [2.05, 4.69) is 15.6 Å². The molecule has 0 radical (unpaired) electrons. The summed E-state index contributed by atoms with van der Waals surface area (Å²) in [5.74, 6) is -2.03. The van der Waals surface area contributed by atoms with Gasteiger partial charge in [0.25, 0.3) is 5.91 Å². The van der Waals surface area contributed by atoms with Crippen molar-refractivity contribution in [3.63, 3.8) is 0 Å². The molecule has 0 saturated carbocycles. The van der Waals surface area contributed by atoms with Crippen LogP contribution in [-0.4, -0.2) is 32.0 Å². The van der Waals surface area contributed by atoms with Crippen molar-refractivity contribution in [2.24, 2.45) is 0 Å². The van der Waals surface area contributed by atoms with Crippen LogP contribution in [0.4, 0.5) is 10.1 Å². The number of carbonyl (C=O) groups excluding carboxylic acids is 1. The Bertz CT molecular complexity index is 668. The first-order chi connectivity index (χ1) is 9.45. The Morgan fingerprint density at radius 2 is 2.20 bits per heavy atom. The second kappa shape index (κ2) is 5.47. The Morgan fingerprint density at radius 3 is 2.85 bits per heavy atom. The molecule has 0 aliphatic heterocycles. The molecule has 0 spiro atoms. The number of nitrogens with zero attached hydrogens (tertiary/aromatic N) is 3. The van der Waals surface area contributed by atoms with Crippen LogP contribution in [0.25, 0.3) is 0 Å². The smallest absolute Gasteiger partial charge is 0.325 e. The molecule has 2 aromatic rings. The van der Waals surface area contributed by atoms with Gasteiger partial charge in [-0.3, -0.25) is 9.59 Å². The van der Waals surface area contributed by atoms with E-state index in [-0.39, 0.29) is 12.2 Å². The lowest BCUT2D eigenvalue weighted by molar-refractivity contribution is -0.137. The SMILES string of the molecule is Cc1cc(F)ccc1NC(=O)c1cn(CC(=O)O)nn1. The van der Waals surface area contributed by atoms with Crippen molar-refractivity contribution in [2.45, 2.75) is 13.5 Å². The Labute approximate surface area is 113 Å². The Kier molecular flexibility index (Phi) is 3.74. The maximum Gasteiger partial charge on any atom is 0.325 e. The Hall–Kier alpha value is -2.77. The molecule has 0 bridgehead atoms. The predicted molar refractivity (Wildman–Crippen MR) is 66.7 cm³/mol. The van der Waals surface area contributed by atoms with Gasteiger partial charge in [0.05, 0.1) is 6.20 Å². The number of carbonyl (C=O) groups is 2. The predicted octanol–water partition coefficient (Wildman–Crippen LogP) is 1.06.